The van der Waals surface area contributed by atoms with Crippen molar-refractivity contribution in [2.24, 2.45) is 11.8 Å². The summed E-state index contributed by atoms with van der Waals surface area (Å²) in [6, 6.07) is 8.27. The molecule has 162 valence electrons. The van der Waals surface area contributed by atoms with E-state index in [9.17, 15) is 5.11 Å². The van der Waals surface area contributed by atoms with E-state index >= 15 is 0 Å². The number of aliphatic hydroxyl groups excluding tert-OH is 1. The Balaban J connectivity index is 1.54. The number of piperidine rings is 3. The maximum atomic E-state index is 11.7. The van der Waals surface area contributed by atoms with E-state index in [2.05, 4.69) is 22.8 Å². The summed E-state index contributed by atoms with van der Waals surface area (Å²) < 4.78 is 11.0. The molecule has 30 heavy (non-hydrogen) atoms. The number of hydrogen-bond donors (Lipinski definition) is 1. The molecule has 6 heteroatoms. The Morgan fingerprint density at radius 1 is 1.23 bits per heavy atom. The van der Waals surface area contributed by atoms with Gasteiger partial charge in [0.2, 0.25) is 0 Å². The molecule has 0 amide bonds. The van der Waals surface area contributed by atoms with Crippen LogP contribution in [0.1, 0.15) is 37.9 Å². The molecule has 0 aliphatic carbocycles. The van der Waals surface area contributed by atoms with Gasteiger partial charge in [0, 0.05) is 31.1 Å². The fraction of sp³-hybridized carbons (Fsp3) is 0.625. The molecule has 4 fully saturated rings. The number of ether oxygens (including phenoxy) is 2. The van der Waals surface area contributed by atoms with E-state index in [-0.39, 0.29) is 6.04 Å². The quantitative estimate of drug-likeness (QED) is 0.815. The second-order valence-electron chi connectivity index (χ2n) is 9.01. The van der Waals surface area contributed by atoms with E-state index in [4.69, 9.17) is 14.5 Å². The molecule has 1 aromatic carbocycles. The Labute approximate surface area is 178 Å². The third-order valence-electron chi connectivity index (χ3n) is 7.51. The van der Waals surface area contributed by atoms with E-state index in [1.165, 1.54) is 12.8 Å². The number of methoxy groups -OCH3 is 1. The maximum absolute atomic E-state index is 11.7. The molecule has 0 saturated carbocycles. The lowest BCUT2D eigenvalue weighted by Crippen LogP contribution is -2.55. The number of nitrogens with zero attached hydrogens (tertiary/aromatic N) is 3. The van der Waals surface area contributed by atoms with Gasteiger partial charge >= 0.3 is 0 Å². The van der Waals surface area contributed by atoms with E-state index in [0.29, 0.717) is 0 Å². The molecule has 2 aromatic rings. The fourth-order valence-corrected chi connectivity index (χ4v) is 5.72. The third-order valence-corrected chi connectivity index (χ3v) is 7.51. The number of rotatable bonds is 5. The van der Waals surface area contributed by atoms with Crippen molar-refractivity contribution in [1.82, 2.24) is 9.88 Å². The van der Waals surface area contributed by atoms with Crippen LogP contribution in [-0.2, 0) is 4.74 Å². The minimum absolute atomic E-state index is 0.181. The molecule has 4 aliphatic heterocycles. The first-order valence-corrected chi connectivity index (χ1v) is 11.4. The van der Waals surface area contributed by atoms with Gasteiger partial charge < -0.3 is 19.5 Å². The van der Waals surface area contributed by atoms with Crippen molar-refractivity contribution in [3.8, 4) is 5.75 Å². The highest BCUT2D eigenvalue weighted by Crippen LogP contribution is 2.43. The highest BCUT2D eigenvalue weighted by atomic mass is 16.5. The van der Waals surface area contributed by atoms with E-state index < -0.39 is 6.10 Å². The van der Waals surface area contributed by atoms with Crippen LogP contribution >= 0.6 is 0 Å². The van der Waals surface area contributed by atoms with Gasteiger partial charge in [0.05, 0.1) is 31.9 Å². The maximum Gasteiger partial charge on any atom is 0.129 e. The van der Waals surface area contributed by atoms with Crippen molar-refractivity contribution >= 4 is 16.7 Å². The molecular formula is C24H33N3O3. The molecule has 6 rings (SSSR count). The first kappa shape index (κ1) is 20.0. The number of morpholine rings is 1. The third kappa shape index (κ3) is 3.55. The predicted octanol–water partition coefficient (Wildman–Crippen LogP) is 3.23. The average Bonchev–Trinajstić information content (AvgIpc) is 2.83. The molecule has 6 nitrogen and oxygen atoms in total. The summed E-state index contributed by atoms with van der Waals surface area (Å²) in [6.07, 6.45) is 3.06. The second kappa shape index (κ2) is 8.33. The van der Waals surface area contributed by atoms with Crippen molar-refractivity contribution in [2.75, 3.05) is 51.4 Å². The normalized spacial score (nSPS) is 29.9. The molecule has 1 N–H and O–H groups in total. The predicted molar refractivity (Wildman–Crippen MR) is 118 cm³/mol. The zero-order valence-electron chi connectivity index (χ0n) is 18.1. The highest BCUT2D eigenvalue weighted by Gasteiger charge is 2.42. The lowest BCUT2D eigenvalue weighted by Gasteiger charge is -2.51. The molecule has 4 aliphatic rings. The Hall–Kier alpha value is -1.89. The summed E-state index contributed by atoms with van der Waals surface area (Å²) in [4.78, 5) is 9.72. The molecule has 0 spiro atoms. The summed E-state index contributed by atoms with van der Waals surface area (Å²) in [5.74, 6) is 3.25. The highest BCUT2D eigenvalue weighted by molar-refractivity contribution is 5.86. The minimum Gasteiger partial charge on any atom is -0.497 e. The number of hydrogen-bond acceptors (Lipinski definition) is 6. The Kier molecular flexibility index (Phi) is 5.56. The second-order valence-corrected chi connectivity index (χ2v) is 9.01. The molecule has 5 heterocycles. The number of fused-ring (bicyclic) bond motifs is 4. The number of aromatic nitrogens is 1. The topological polar surface area (TPSA) is 58.1 Å². The molecule has 5 atom stereocenters. The standard InChI is InChI=1S/C24H33N3O3/c1-3-16-15-27-7-6-17(16)12-22(27)24(28)20-14-23(26-8-10-30-11-9-26)25-21-5-4-18(29-2)13-19(20)21/h4-5,13-14,16-17,22,24,28H,3,6-12,15H2,1-2H3/t16-,17+,22?,24+/m0/s1. The van der Waals surface area contributed by atoms with E-state index in [1.807, 2.05) is 18.2 Å². The first-order chi connectivity index (χ1) is 14.7. The van der Waals surface area contributed by atoms with Crippen molar-refractivity contribution in [1.29, 1.82) is 0 Å². The molecule has 1 aromatic heterocycles. The van der Waals surface area contributed by atoms with Gasteiger partial charge in [-0.2, -0.15) is 0 Å². The average molecular weight is 412 g/mol. The smallest absolute Gasteiger partial charge is 0.129 e. The largest absolute Gasteiger partial charge is 0.497 e. The lowest BCUT2D eigenvalue weighted by molar-refractivity contribution is -0.0562. The molecule has 4 saturated heterocycles. The summed E-state index contributed by atoms with van der Waals surface area (Å²) in [7, 11) is 1.68. The van der Waals surface area contributed by atoms with Gasteiger partial charge in [-0.05, 0) is 61.1 Å². The van der Waals surface area contributed by atoms with Crippen LogP contribution < -0.4 is 9.64 Å². The monoisotopic (exact) mass is 411 g/mol. The van der Waals surface area contributed by atoms with Crippen LogP contribution in [0.25, 0.3) is 10.9 Å². The number of benzene rings is 1. The molecule has 2 bridgehead atoms. The van der Waals surface area contributed by atoms with Crippen LogP contribution in [0.4, 0.5) is 5.82 Å². The SMILES string of the molecule is CC[C@H]1CN2CC[C@@H]1CC2[C@H](O)c1cc(N2CCOCC2)nc2ccc(OC)cc12. The van der Waals surface area contributed by atoms with Crippen LogP contribution in [-0.4, -0.2) is 67.5 Å². The molecule has 2 unspecified atom stereocenters. The van der Waals surface area contributed by atoms with Gasteiger partial charge in [0.25, 0.3) is 0 Å². The van der Waals surface area contributed by atoms with Gasteiger partial charge in [-0.1, -0.05) is 13.3 Å². The van der Waals surface area contributed by atoms with Crippen LogP contribution in [0.2, 0.25) is 0 Å². The van der Waals surface area contributed by atoms with Crippen LogP contribution in [0.3, 0.4) is 0 Å². The van der Waals surface area contributed by atoms with Crippen LogP contribution in [0.15, 0.2) is 24.3 Å². The van der Waals surface area contributed by atoms with Crippen molar-refractivity contribution in [2.45, 2.75) is 38.3 Å². The van der Waals surface area contributed by atoms with Gasteiger partial charge in [-0.25, -0.2) is 4.98 Å². The summed E-state index contributed by atoms with van der Waals surface area (Å²) >= 11 is 0. The molecular weight excluding hydrogens is 378 g/mol. The summed E-state index contributed by atoms with van der Waals surface area (Å²) in [5, 5.41) is 12.7. The Bertz CT molecular complexity index is 899. The van der Waals surface area contributed by atoms with Crippen LogP contribution in [0, 0.1) is 11.8 Å². The van der Waals surface area contributed by atoms with Gasteiger partial charge in [-0.15, -0.1) is 0 Å². The minimum atomic E-state index is -0.525. The van der Waals surface area contributed by atoms with Crippen molar-refractivity contribution < 1.29 is 14.6 Å². The van der Waals surface area contributed by atoms with Crippen LogP contribution in [0.5, 0.6) is 5.75 Å². The zero-order chi connectivity index (χ0) is 20.7. The molecule has 0 radical (unpaired) electrons. The lowest BCUT2D eigenvalue weighted by atomic mass is 9.72. The Morgan fingerprint density at radius 3 is 2.77 bits per heavy atom. The summed E-state index contributed by atoms with van der Waals surface area (Å²) in [5.41, 5.74) is 1.89. The Morgan fingerprint density at radius 2 is 2.07 bits per heavy atom. The van der Waals surface area contributed by atoms with Gasteiger partial charge in [0.1, 0.15) is 11.6 Å². The van der Waals surface area contributed by atoms with Gasteiger partial charge in [0.15, 0.2) is 0 Å². The first-order valence-electron chi connectivity index (χ1n) is 11.4. The van der Waals surface area contributed by atoms with Gasteiger partial charge in [-0.3, -0.25) is 4.90 Å². The summed E-state index contributed by atoms with van der Waals surface area (Å²) in [6.45, 7) is 7.62. The van der Waals surface area contributed by atoms with Crippen molar-refractivity contribution in [3.05, 3.63) is 29.8 Å². The van der Waals surface area contributed by atoms with E-state index in [0.717, 1.165) is 85.7 Å². The number of anilines is 1. The number of aliphatic hydroxyl groups is 1. The zero-order valence-corrected chi connectivity index (χ0v) is 18.1. The van der Waals surface area contributed by atoms with E-state index in [1.54, 1.807) is 7.11 Å². The number of pyridine rings is 1. The fourth-order valence-electron chi connectivity index (χ4n) is 5.72. The van der Waals surface area contributed by atoms with Crippen molar-refractivity contribution in [3.63, 3.8) is 0 Å².